The van der Waals surface area contributed by atoms with Crippen LogP contribution in [0, 0.1) is 0 Å². The molecule has 0 saturated carbocycles. The second-order valence-electron chi connectivity index (χ2n) is 10.2. The van der Waals surface area contributed by atoms with E-state index in [-0.39, 0.29) is 43.8 Å². The predicted octanol–water partition coefficient (Wildman–Crippen LogP) is 5.49. The molecule has 0 bridgehead atoms. The first kappa shape index (κ1) is 34.4. The second kappa shape index (κ2) is 19.3. The molecule has 2 heterocycles. The lowest BCUT2D eigenvalue weighted by Gasteiger charge is -2.26. The SMILES string of the molecule is CCOCOc1cc2c(c(OCOCC)c1)C(=O)O[C@H](C)CC=C[C@@H](N=[N+]=[N-])CC=CC(=NOCC(=O)N1CCCCC1)C2. The van der Waals surface area contributed by atoms with Crippen molar-refractivity contribution >= 4 is 17.6 Å². The lowest BCUT2D eigenvalue weighted by molar-refractivity contribution is -0.137. The van der Waals surface area contributed by atoms with Gasteiger partial charge in [-0.05, 0) is 69.7 Å². The Morgan fingerprint density at radius 2 is 1.82 bits per heavy atom. The third-order valence-electron chi connectivity index (χ3n) is 6.85. The van der Waals surface area contributed by atoms with Gasteiger partial charge in [0.05, 0.1) is 11.8 Å². The van der Waals surface area contributed by atoms with E-state index < -0.39 is 18.1 Å². The van der Waals surface area contributed by atoms with E-state index in [0.29, 0.717) is 56.2 Å². The Morgan fingerprint density at radius 3 is 2.55 bits per heavy atom. The molecule has 1 amide bonds. The fourth-order valence-electron chi connectivity index (χ4n) is 4.61. The summed E-state index contributed by atoms with van der Waals surface area (Å²) in [6, 6.07) is 2.84. The summed E-state index contributed by atoms with van der Waals surface area (Å²) in [5.74, 6) is -0.114. The van der Waals surface area contributed by atoms with E-state index in [0.717, 1.165) is 19.3 Å². The van der Waals surface area contributed by atoms with E-state index in [1.807, 2.05) is 26.0 Å². The average Bonchev–Trinajstić information content (AvgIpc) is 3.01. The Kier molecular flexibility index (Phi) is 15.1. The Labute approximate surface area is 258 Å². The fraction of sp³-hybridized carbons (Fsp3) is 0.581. The largest absolute Gasteiger partial charge is 0.467 e. The van der Waals surface area contributed by atoms with Gasteiger partial charge in [0.15, 0.2) is 20.2 Å². The molecular formula is C31H43N5O8. The van der Waals surface area contributed by atoms with Crippen LogP contribution in [0.5, 0.6) is 11.5 Å². The number of oxime groups is 1. The molecule has 1 fully saturated rings. The maximum atomic E-state index is 13.6. The van der Waals surface area contributed by atoms with Crippen LogP contribution in [0.2, 0.25) is 0 Å². The van der Waals surface area contributed by atoms with Gasteiger partial charge in [0.2, 0.25) is 0 Å². The van der Waals surface area contributed by atoms with E-state index in [1.54, 1.807) is 36.1 Å². The molecule has 13 nitrogen and oxygen atoms in total. The molecule has 1 saturated heterocycles. The summed E-state index contributed by atoms with van der Waals surface area (Å²) in [6.45, 7) is 7.45. The van der Waals surface area contributed by atoms with Gasteiger partial charge < -0.3 is 33.4 Å². The first-order valence-corrected chi connectivity index (χ1v) is 15.1. The number of piperidine rings is 1. The van der Waals surface area contributed by atoms with E-state index >= 15 is 0 Å². The van der Waals surface area contributed by atoms with Crippen LogP contribution < -0.4 is 9.47 Å². The molecule has 0 unspecified atom stereocenters. The van der Waals surface area contributed by atoms with Crippen molar-refractivity contribution < 1.29 is 38.1 Å². The summed E-state index contributed by atoms with van der Waals surface area (Å²) in [5, 5.41) is 8.13. The second-order valence-corrected chi connectivity index (χ2v) is 10.2. The zero-order chi connectivity index (χ0) is 31.6. The number of likely N-dealkylation sites (tertiary alicyclic amines) is 1. The molecule has 0 spiro atoms. The molecular weight excluding hydrogens is 570 g/mol. The average molecular weight is 614 g/mol. The van der Waals surface area contributed by atoms with Crippen molar-refractivity contribution in [1.29, 1.82) is 0 Å². The standard InChI is InChI=1S/C31H43N5O8/c1-4-39-21-41-27-18-24-17-26(34-43-20-29(37)36-15-7-6-8-16-36)14-10-13-25(33-35-32)12-9-11-23(3)44-31(38)30(24)28(19-27)42-22-40-5-2/h9-10,12,14,18-19,23,25H,4-8,11,13,15-17,20-22H2,1-3H3/t23-,25-/m1/s1. The number of esters is 1. The van der Waals surface area contributed by atoms with E-state index in [1.165, 1.54) is 0 Å². The maximum absolute atomic E-state index is 13.6. The number of cyclic esters (lactones) is 1. The molecule has 44 heavy (non-hydrogen) atoms. The monoisotopic (exact) mass is 613 g/mol. The smallest absolute Gasteiger partial charge is 0.342 e. The maximum Gasteiger partial charge on any atom is 0.342 e. The van der Waals surface area contributed by atoms with Gasteiger partial charge in [-0.2, -0.15) is 0 Å². The zero-order valence-electron chi connectivity index (χ0n) is 25.8. The normalized spacial score (nSPS) is 20.2. The third kappa shape index (κ3) is 11.6. The number of ether oxygens (including phenoxy) is 5. The van der Waals surface area contributed by atoms with Crippen LogP contribution in [-0.2, 0) is 30.3 Å². The van der Waals surface area contributed by atoms with Crippen LogP contribution >= 0.6 is 0 Å². The van der Waals surface area contributed by atoms with Gasteiger partial charge in [0.1, 0.15) is 23.2 Å². The van der Waals surface area contributed by atoms with E-state index in [2.05, 4.69) is 15.2 Å². The number of carbonyl (C=O) groups is 2. The summed E-state index contributed by atoms with van der Waals surface area (Å²) in [5.41, 5.74) is 10.1. The summed E-state index contributed by atoms with van der Waals surface area (Å²) < 4.78 is 28.2. The first-order valence-electron chi connectivity index (χ1n) is 15.1. The number of hydrogen-bond donors (Lipinski definition) is 0. The van der Waals surface area contributed by atoms with Crippen molar-refractivity contribution in [3.05, 3.63) is 58.0 Å². The number of benzene rings is 1. The first-order chi connectivity index (χ1) is 21.4. The molecule has 2 atom stereocenters. The Balaban J connectivity index is 2.02. The quantitative estimate of drug-likeness (QED) is 0.0438. The predicted molar refractivity (Wildman–Crippen MR) is 164 cm³/mol. The molecule has 2 aliphatic heterocycles. The number of allylic oxidation sites excluding steroid dienone is 1. The summed E-state index contributed by atoms with van der Waals surface area (Å²) in [4.78, 5) is 36.6. The van der Waals surface area contributed by atoms with Gasteiger partial charge in [-0.1, -0.05) is 28.5 Å². The van der Waals surface area contributed by atoms with E-state index in [4.69, 9.17) is 34.1 Å². The number of amides is 1. The number of nitrogens with zero attached hydrogens (tertiary/aromatic N) is 5. The number of fused-ring (bicyclic) bond motifs is 1. The number of carbonyl (C=O) groups excluding carboxylic acids is 2. The minimum atomic E-state index is -0.600. The third-order valence-corrected chi connectivity index (χ3v) is 6.85. The van der Waals surface area contributed by atoms with E-state index in [9.17, 15) is 9.59 Å². The minimum absolute atomic E-state index is 0.00261. The molecule has 13 heteroatoms. The van der Waals surface area contributed by atoms with Gasteiger partial charge in [-0.25, -0.2) is 4.79 Å². The van der Waals surface area contributed by atoms with Gasteiger partial charge in [-0.3, -0.25) is 4.79 Å². The van der Waals surface area contributed by atoms with Gasteiger partial charge in [0, 0.05) is 50.1 Å². The fourth-order valence-corrected chi connectivity index (χ4v) is 4.61. The van der Waals surface area contributed by atoms with Crippen LogP contribution in [0.15, 0.2) is 46.7 Å². The molecule has 1 aromatic rings. The van der Waals surface area contributed by atoms with Crippen LogP contribution in [0.1, 0.15) is 68.8 Å². The number of azide groups is 1. The molecule has 0 aliphatic carbocycles. The summed E-state index contributed by atoms with van der Waals surface area (Å²) >= 11 is 0. The van der Waals surface area contributed by atoms with Crippen molar-refractivity contribution in [2.45, 2.75) is 71.4 Å². The van der Waals surface area contributed by atoms with Gasteiger partial charge in [-0.15, -0.1) is 0 Å². The summed E-state index contributed by atoms with van der Waals surface area (Å²) in [6.07, 6.45) is 10.6. The molecule has 240 valence electrons. The highest BCUT2D eigenvalue weighted by atomic mass is 16.7. The Bertz CT molecular complexity index is 1220. The Hall–Kier alpha value is -4.06. The minimum Gasteiger partial charge on any atom is -0.467 e. The lowest BCUT2D eigenvalue weighted by Crippen LogP contribution is -2.37. The molecule has 0 N–H and O–H groups in total. The molecule has 0 radical (unpaired) electrons. The van der Waals surface area contributed by atoms with Crippen LogP contribution in [-0.4, -0.2) is 81.1 Å². The number of rotatable bonds is 12. The van der Waals surface area contributed by atoms with Crippen LogP contribution in [0.4, 0.5) is 0 Å². The number of hydrogen-bond acceptors (Lipinski definition) is 10. The van der Waals surface area contributed by atoms with Crippen molar-refractivity contribution in [1.82, 2.24) is 4.90 Å². The van der Waals surface area contributed by atoms with Crippen molar-refractivity contribution in [3.8, 4) is 11.5 Å². The highest BCUT2D eigenvalue weighted by Gasteiger charge is 2.24. The molecule has 2 aliphatic rings. The van der Waals surface area contributed by atoms with Crippen molar-refractivity contribution in [3.63, 3.8) is 0 Å². The summed E-state index contributed by atoms with van der Waals surface area (Å²) in [7, 11) is 0. The van der Waals surface area contributed by atoms with Gasteiger partial charge in [0.25, 0.3) is 5.91 Å². The highest BCUT2D eigenvalue weighted by molar-refractivity contribution is 6.00. The van der Waals surface area contributed by atoms with Gasteiger partial charge >= 0.3 is 5.97 Å². The Morgan fingerprint density at radius 1 is 1.07 bits per heavy atom. The zero-order valence-corrected chi connectivity index (χ0v) is 25.8. The molecule has 0 aromatic heterocycles. The molecule has 1 aromatic carbocycles. The molecule has 3 rings (SSSR count). The van der Waals surface area contributed by atoms with Crippen LogP contribution in [0.25, 0.3) is 10.4 Å². The lowest BCUT2D eigenvalue weighted by atomic mass is 9.99. The topological polar surface area (TPSA) is 154 Å². The highest BCUT2D eigenvalue weighted by Crippen LogP contribution is 2.32. The van der Waals surface area contributed by atoms with Crippen molar-refractivity contribution in [2.24, 2.45) is 10.3 Å². The van der Waals surface area contributed by atoms with Crippen LogP contribution in [0.3, 0.4) is 0 Å². The van der Waals surface area contributed by atoms with Crippen molar-refractivity contribution in [2.75, 3.05) is 46.5 Å².